The van der Waals surface area contributed by atoms with E-state index in [4.69, 9.17) is 14.9 Å². The Balaban J connectivity index is 2.35. The highest BCUT2D eigenvalue weighted by molar-refractivity contribution is 5.80. The fourth-order valence-electron chi connectivity index (χ4n) is 1.53. The molecule has 0 bridgehead atoms. The van der Waals surface area contributed by atoms with Gasteiger partial charge in [-0.25, -0.2) is 9.59 Å². The monoisotopic (exact) mass is 236 g/mol. The maximum absolute atomic E-state index is 11.4. The van der Waals surface area contributed by atoms with Gasteiger partial charge in [-0.15, -0.1) is 0 Å². The van der Waals surface area contributed by atoms with E-state index in [0.29, 0.717) is 16.7 Å². The average Bonchev–Trinajstić information content (AvgIpc) is 2.67. The zero-order valence-corrected chi connectivity index (χ0v) is 9.23. The molecule has 0 amide bonds. The number of nitrogens with one attached hydrogen (secondary N) is 1. The molecule has 0 fully saturated rings. The van der Waals surface area contributed by atoms with Gasteiger partial charge >= 0.3 is 11.7 Å². The molecule has 1 aromatic carbocycles. The number of nitrogens with two attached hydrogens (primary N) is 1. The number of oxazole rings is 1. The molecule has 0 spiro atoms. The predicted molar refractivity (Wildman–Crippen MR) is 60.4 cm³/mol. The Morgan fingerprint density at radius 2 is 2.35 bits per heavy atom. The van der Waals surface area contributed by atoms with E-state index in [-0.39, 0.29) is 6.61 Å². The second-order valence-corrected chi connectivity index (χ2v) is 3.50. The lowest BCUT2D eigenvalue weighted by Crippen LogP contribution is -2.23. The lowest BCUT2D eigenvalue weighted by atomic mass is 10.1. The van der Waals surface area contributed by atoms with Crippen LogP contribution in [0.15, 0.2) is 27.4 Å². The van der Waals surface area contributed by atoms with E-state index in [1.165, 1.54) is 0 Å². The van der Waals surface area contributed by atoms with Crippen LogP contribution in [0.5, 0.6) is 0 Å². The van der Waals surface area contributed by atoms with Gasteiger partial charge in [0.25, 0.3) is 0 Å². The van der Waals surface area contributed by atoms with E-state index in [2.05, 4.69) is 4.98 Å². The summed E-state index contributed by atoms with van der Waals surface area (Å²) < 4.78 is 9.66. The molecule has 90 valence electrons. The van der Waals surface area contributed by atoms with Crippen molar-refractivity contribution >= 4 is 17.1 Å². The van der Waals surface area contributed by atoms with Crippen molar-refractivity contribution in [3.05, 3.63) is 34.3 Å². The molecular weight excluding hydrogens is 224 g/mol. The summed E-state index contributed by atoms with van der Waals surface area (Å²) in [6.45, 7) is 1.98. The van der Waals surface area contributed by atoms with Crippen LogP contribution in [0.2, 0.25) is 0 Å². The third-order valence-electron chi connectivity index (χ3n) is 2.34. The molecular formula is C11H12N2O4. The first-order valence-corrected chi connectivity index (χ1v) is 5.17. The summed E-state index contributed by atoms with van der Waals surface area (Å²) in [6.07, 6.45) is 0. The number of carbonyl (C=O) groups is 1. The Hall–Kier alpha value is -2.08. The van der Waals surface area contributed by atoms with Crippen LogP contribution in [-0.2, 0) is 9.53 Å². The second kappa shape index (κ2) is 4.42. The first kappa shape index (κ1) is 11.4. The highest BCUT2D eigenvalue weighted by Gasteiger charge is 2.17. The maximum Gasteiger partial charge on any atom is 0.417 e. The van der Waals surface area contributed by atoms with E-state index in [1.807, 2.05) is 0 Å². The summed E-state index contributed by atoms with van der Waals surface area (Å²) in [6, 6.07) is 3.95. The van der Waals surface area contributed by atoms with Gasteiger partial charge in [-0.05, 0) is 24.6 Å². The first-order valence-electron chi connectivity index (χ1n) is 5.17. The Bertz CT molecular complexity index is 599. The minimum atomic E-state index is -0.863. The zero-order chi connectivity index (χ0) is 12.4. The molecule has 1 heterocycles. The molecule has 2 aromatic rings. The van der Waals surface area contributed by atoms with E-state index in [1.54, 1.807) is 25.1 Å². The SMILES string of the molecule is CCOC(=O)C(N)c1ccc2oc(=O)[nH]c2c1. The van der Waals surface area contributed by atoms with E-state index >= 15 is 0 Å². The third kappa shape index (κ3) is 2.21. The van der Waals surface area contributed by atoms with E-state index < -0.39 is 17.8 Å². The summed E-state index contributed by atoms with van der Waals surface area (Å²) in [5.41, 5.74) is 7.22. The van der Waals surface area contributed by atoms with Crippen LogP contribution in [-0.4, -0.2) is 17.6 Å². The molecule has 0 radical (unpaired) electrons. The molecule has 17 heavy (non-hydrogen) atoms. The van der Waals surface area contributed by atoms with Crippen molar-refractivity contribution < 1.29 is 13.9 Å². The smallest absolute Gasteiger partial charge is 0.417 e. The molecule has 0 saturated heterocycles. The molecule has 2 rings (SSSR count). The van der Waals surface area contributed by atoms with Gasteiger partial charge in [0, 0.05) is 0 Å². The fourth-order valence-corrected chi connectivity index (χ4v) is 1.53. The highest BCUT2D eigenvalue weighted by atomic mass is 16.5. The second-order valence-electron chi connectivity index (χ2n) is 3.50. The van der Waals surface area contributed by atoms with Crippen molar-refractivity contribution in [3.63, 3.8) is 0 Å². The van der Waals surface area contributed by atoms with E-state index in [9.17, 15) is 9.59 Å². The summed E-state index contributed by atoms with van der Waals surface area (Å²) in [4.78, 5) is 24.9. The fraction of sp³-hybridized carbons (Fsp3) is 0.273. The molecule has 6 nitrogen and oxygen atoms in total. The number of rotatable bonds is 3. The van der Waals surface area contributed by atoms with Crippen molar-refractivity contribution in [2.75, 3.05) is 6.61 Å². The number of aromatic nitrogens is 1. The number of hydrogen-bond donors (Lipinski definition) is 2. The van der Waals surface area contributed by atoms with Gasteiger partial charge in [-0.3, -0.25) is 4.98 Å². The van der Waals surface area contributed by atoms with Crippen molar-refractivity contribution in [3.8, 4) is 0 Å². The Labute approximate surface area is 96.4 Å². The van der Waals surface area contributed by atoms with Crippen molar-refractivity contribution in [1.82, 2.24) is 4.98 Å². The molecule has 0 aliphatic carbocycles. The molecule has 0 aliphatic rings. The van der Waals surface area contributed by atoms with Crippen LogP contribution >= 0.6 is 0 Å². The number of H-pyrrole nitrogens is 1. The zero-order valence-electron chi connectivity index (χ0n) is 9.23. The topological polar surface area (TPSA) is 98.3 Å². The summed E-state index contributed by atoms with van der Waals surface area (Å²) in [7, 11) is 0. The van der Waals surface area contributed by atoms with Gasteiger partial charge in [0.15, 0.2) is 5.58 Å². The summed E-state index contributed by atoms with van der Waals surface area (Å²) in [5.74, 6) is -1.04. The third-order valence-corrected chi connectivity index (χ3v) is 2.34. The number of hydrogen-bond acceptors (Lipinski definition) is 5. The lowest BCUT2D eigenvalue weighted by molar-refractivity contribution is -0.144. The maximum atomic E-state index is 11.4. The minimum absolute atomic E-state index is 0.275. The molecule has 0 saturated carbocycles. The van der Waals surface area contributed by atoms with Crippen LogP contribution in [0.25, 0.3) is 11.1 Å². The van der Waals surface area contributed by atoms with Crippen molar-refractivity contribution in [2.24, 2.45) is 5.73 Å². The van der Waals surface area contributed by atoms with Gasteiger partial charge in [0.05, 0.1) is 12.1 Å². The Kier molecular flexibility index (Phi) is 2.97. The van der Waals surface area contributed by atoms with Gasteiger partial charge < -0.3 is 14.9 Å². The van der Waals surface area contributed by atoms with Gasteiger partial charge in [0.1, 0.15) is 6.04 Å². The molecule has 6 heteroatoms. The van der Waals surface area contributed by atoms with Crippen molar-refractivity contribution in [1.29, 1.82) is 0 Å². The molecule has 3 N–H and O–H groups in total. The van der Waals surface area contributed by atoms with Crippen LogP contribution in [0.3, 0.4) is 0 Å². The predicted octanol–water partition coefficient (Wildman–Crippen LogP) is 0.684. The van der Waals surface area contributed by atoms with Crippen LogP contribution in [0, 0.1) is 0 Å². The molecule has 1 aromatic heterocycles. The number of esters is 1. The van der Waals surface area contributed by atoms with Gasteiger partial charge in [-0.1, -0.05) is 6.07 Å². The lowest BCUT2D eigenvalue weighted by Gasteiger charge is -2.10. The highest BCUT2D eigenvalue weighted by Crippen LogP contribution is 2.17. The standard InChI is InChI=1S/C11H12N2O4/c1-2-16-10(14)9(12)6-3-4-8-7(5-6)13-11(15)17-8/h3-5,9H,2,12H2,1H3,(H,13,15). The minimum Gasteiger partial charge on any atom is -0.465 e. The molecule has 1 unspecified atom stereocenters. The van der Waals surface area contributed by atoms with Crippen molar-refractivity contribution in [2.45, 2.75) is 13.0 Å². The largest absolute Gasteiger partial charge is 0.465 e. The normalized spacial score (nSPS) is 12.6. The summed E-state index contributed by atoms with van der Waals surface area (Å²) >= 11 is 0. The Morgan fingerprint density at radius 3 is 3.06 bits per heavy atom. The number of fused-ring (bicyclic) bond motifs is 1. The van der Waals surface area contributed by atoms with Gasteiger partial charge in [-0.2, -0.15) is 0 Å². The number of benzene rings is 1. The van der Waals surface area contributed by atoms with Crippen LogP contribution < -0.4 is 11.5 Å². The number of aromatic amines is 1. The quantitative estimate of drug-likeness (QED) is 0.764. The van der Waals surface area contributed by atoms with E-state index in [0.717, 1.165) is 0 Å². The summed E-state index contributed by atoms with van der Waals surface area (Å²) in [5, 5.41) is 0. The number of ether oxygens (including phenoxy) is 1. The van der Waals surface area contributed by atoms with Crippen LogP contribution in [0.4, 0.5) is 0 Å². The Morgan fingerprint density at radius 1 is 1.59 bits per heavy atom. The van der Waals surface area contributed by atoms with Gasteiger partial charge in [0.2, 0.25) is 0 Å². The average molecular weight is 236 g/mol. The molecule has 0 aliphatic heterocycles. The molecule has 1 atom stereocenters. The first-order chi connectivity index (χ1) is 8.11. The number of carbonyl (C=O) groups excluding carboxylic acids is 1. The van der Waals surface area contributed by atoms with Crippen LogP contribution in [0.1, 0.15) is 18.5 Å².